The highest BCUT2D eigenvalue weighted by Crippen LogP contribution is 2.39. The summed E-state index contributed by atoms with van der Waals surface area (Å²) >= 11 is 6.16. The van der Waals surface area contributed by atoms with Crippen molar-refractivity contribution in [1.82, 2.24) is 9.97 Å². The van der Waals surface area contributed by atoms with E-state index in [-0.39, 0.29) is 6.61 Å². The van der Waals surface area contributed by atoms with Gasteiger partial charge in [0.05, 0.1) is 6.61 Å². The van der Waals surface area contributed by atoms with E-state index in [2.05, 4.69) is 9.88 Å². The first-order chi connectivity index (χ1) is 9.78. The number of nitrogens with zero attached hydrogens (tertiary/aromatic N) is 3. The molecule has 2 aliphatic rings. The first-order valence-corrected chi connectivity index (χ1v) is 8.07. The summed E-state index contributed by atoms with van der Waals surface area (Å²) < 4.78 is 0. The van der Waals surface area contributed by atoms with Crippen molar-refractivity contribution < 1.29 is 5.11 Å². The molecule has 0 radical (unpaired) electrons. The second kappa shape index (κ2) is 6.27. The molecule has 1 aromatic heterocycles. The number of anilines is 1. The first-order valence-electron chi connectivity index (χ1n) is 7.70. The summed E-state index contributed by atoms with van der Waals surface area (Å²) in [6, 6.07) is 2.33. The molecule has 2 aliphatic carbocycles. The van der Waals surface area contributed by atoms with Gasteiger partial charge in [-0.05, 0) is 25.7 Å². The van der Waals surface area contributed by atoms with Crippen LogP contribution in [0.4, 0.5) is 5.82 Å². The van der Waals surface area contributed by atoms with E-state index in [1.54, 1.807) is 0 Å². The molecule has 1 N–H and O–H groups in total. The highest BCUT2D eigenvalue weighted by Gasteiger charge is 2.29. The SMILES string of the molecule is OCCN(c1cc(Cl)nc(C2CC2)n1)C1CCCCC1. The van der Waals surface area contributed by atoms with Crippen LogP contribution >= 0.6 is 11.6 Å². The fourth-order valence-corrected chi connectivity index (χ4v) is 3.26. The molecule has 5 heteroatoms. The fourth-order valence-electron chi connectivity index (χ4n) is 3.08. The van der Waals surface area contributed by atoms with Crippen LogP contribution in [0.2, 0.25) is 5.15 Å². The van der Waals surface area contributed by atoms with Crippen molar-refractivity contribution in [1.29, 1.82) is 0 Å². The zero-order valence-corrected chi connectivity index (χ0v) is 12.5. The monoisotopic (exact) mass is 295 g/mol. The van der Waals surface area contributed by atoms with E-state index in [4.69, 9.17) is 16.6 Å². The lowest BCUT2D eigenvalue weighted by Gasteiger charge is -2.35. The van der Waals surface area contributed by atoms with Gasteiger partial charge in [-0.25, -0.2) is 9.97 Å². The average molecular weight is 296 g/mol. The Kier molecular flexibility index (Phi) is 4.41. The van der Waals surface area contributed by atoms with Gasteiger partial charge in [0.1, 0.15) is 16.8 Å². The van der Waals surface area contributed by atoms with E-state index in [1.807, 2.05) is 6.07 Å². The van der Waals surface area contributed by atoms with Crippen LogP contribution in [0.5, 0.6) is 0 Å². The zero-order chi connectivity index (χ0) is 13.9. The summed E-state index contributed by atoms with van der Waals surface area (Å²) in [5.41, 5.74) is 0. The van der Waals surface area contributed by atoms with E-state index in [0.29, 0.717) is 23.7 Å². The molecular formula is C15H22ClN3O. The summed E-state index contributed by atoms with van der Waals surface area (Å²) in [6.07, 6.45) is 8.55. The minimum atomic E-state index is 0.150. The van der Waals surface area contributed by atoms with Gasteiger partial charge in [-0.2, -0.15) is 0 Å². The van der Waals surface area contributed by atoms with E-state index in [0.717, 1.165) is 11.6 Å². The Labute approximate surface area is 125 Å². The van der Waals surface area contributed by atoms with E-state index in [1.165, 1.54) is 44.9 Å². The maximum atomic E-state index is 9.37. The lowest BCUT2D eigenvalue weighted by molar-refractivity contribution is 0.289. The number of hydrogen-bond donors (Lipinski definition) is 1. The van der Waals surface area contributed by atoms with Crippen LogP contribution < -0.4 is 4.90 Å². The lowest BCUT2D eigenvalue weighted by atomic mass is 9.94. The summed E-state index contributed by atoms with van der Waals surface area (Å²) in [6.45, 7) is 0.777. The van der Waals surface area contributed by atoms with Gasteiger partial charge in [-0.15, -0.1) is 0 Å². The molecule has 0 amide bonds. The summed E-state index contributed by atoms with van der Waals surface area (Å²) in [5, 5.41) is 9.89. The van der Waals surface area contributed by atoms with Crippen molar-refractivity contribution in [3.05, 3.63) is 17.0 Å². The Morgan fingerprint density at radius 3 is 2.55 bits per heavy atom. The first kappa shape index (κ1) is 14.1. The van der Waals surface area contributed by atoms with Gasteiger partial charge in [0.25, 0.3) is 0 Å². The standard InChI is InChI=1S/C15H22ClN3O/c16-13-10-14(18-15(17-13)11-6-7-11)19(8-9-20)12-4-2-1-3-5-12/h10-12,20H,1-9H2. The summed E-state index contributed by atoms with van der Waals surface area (Å²) in [5.74, 6) is 2.27. The molecule has 0 atom stereocenters. The van der Waals surface area contributed by atoms with E-state index >= 15 is 0 Å². The number of hydrogen-bond acceptors (Lipinski definition) is 4. The van der Waals surface area contributed by atoms with Crippen molar-refractivity contribution in [3.63, 3.8) is 0 Å². The van der Waals surface area contributed by atoms with Crippen molar-refractivity contribution in [3.8, 4) is 0 Å². The Morgan fingerprint density at radius 2 is 1.90 bits per heavy atom. The van der Waals surface area contributed by atoms with Crippen LogP contribution in [-0.2, 0) is 0 Å². The Bertz CT molecular complexity index is 458. The highest BCUT2D eigenvalue weighted by atomic mass is 35.5. The zero-order valence-electron chi connectivity index (χ0n) is 11.8. The Morgan fingerprint density at radius 1 is 1.15 bits per heavy atom. The number of aliphatic hydroxyl groups excluding tert-OH is 1. The van der Waals surface area contributed by atoms with Gasteiger partial charge in [0.2, 0.25) is 0 Å². The van der Waals surface area contributed by atoms with Crippen LogP contribution in [0.3, 0.4) is 0 Å². The van der Waals surface area contributed by atoms with Crippen molar-refractivity contribution in [2.24, 2.45) is 0 Å². The maximum Gasteiger partial charge on any atom is 0.135 e. The topological polar surface area (TPSA) is 49.2 Å². The quantitative estimate of drug-likeness (QED) is 0.848. The van der Waals surface area contributed by atoms with Crippen LogP contribution in [0, 0.1) is 0 Å². The number of aliphatic hydroxyl groups is 1. The van der Waals surface area contributed by atoms with Gasteiger partial charge in [-0.1, -0.05) is 30.9 Å². The molecule has 1 heterocycles. The molecule has 0 spiro atoms. The molecule has 0 saturated heterocycles. The van der Waals surface area contributed by atoms with Crippen LogP contribution in [-0.4, -0.2) is 34.3 Å². The van der Waals surface area contributed by atoms with Crippen LogP contribution in [0.25, 0.3) is 0 Å². The predicted octanol–water partition coefficient (Wildman–Crippen LogP) is 3.14. The molecule has 2 saturated carbocycles. The van der Waals surface area contributed by atoms with Crippen molar-refractivity contribution in [2.75, 3.05) is 18.1 Å². The van der Waals surface area contributed by atoms with Crippen molar-refractivity contribution >= 4 is 17.4 Å². The number of aromatic nitrogens is 2. The molecule has 0 bridgehead atoms. The smallest absolute Gasteiger partial charge is 0.135 e. The Balaban J connectivity index is 1.85. The second-order valence-electron chi connectivity index (χ2n) is 5.89. The highest BCUT2D eigenvalue weighted by molar-refractivity contribution is 6.29. The van der Waals surface area contributed by atoms with Gasteiger partial charge < -0.3 is 10.0 Å². The normalized spacial score (nSPS) is 20.1. The average Bonchev–Trinajstić information content (AvgIpc) is 3.29. The van der Waals surface area contributed by atoms with Gasteiger partial charge in [0.15, 0.2) is 0 Å². The molecule has 20 heavy (non-hydrogen) atoms. The maximum absolute atomic E-state index is 9.37. The molecule has 2 fully saturated rings. The molecule has 4 nitrogen and oxygen atoms in total. The summed E-state index contributed by atoms with van der Waals surface area (Å²) in [4.78, 5) is 11.3. The third kappa shape index (κ3) is 3.23. The Hall–Kier alpha value is -0.870. The predicted molar refractivity (Wildman–Crippen MR) is 80.3 cm³/mol. The largest absolute Gasteiger partial charge is 0.395 e. The fraction of sp³-hybridized carbons (Fsp3) is 0.733. The van der Waals surface area contributed by atoms with Crippen molar-refractivity contribution in [2.45, 2.75) is 56.9 Å². The third-order valence-corrected chi connectivity index (χ3v) is 4.49. The minimum absolute atomic E-state index is 0.150. The van der Waals surface area contributed by atoms with Crippen LogP contribution in [0.1, 0.15) is 56.7 Å². The molecule has 0 aromatic carbocycles. The molecule has 110 valence electrons. The molecular weight excluding hydrogens is 274 g/mol. The molecule has 1 aromatic rings. The van der Waals surface area contributed by atoms with E-state index in [9.17, 15) is 5.11 Å². The number of halogens is 1. The van der Waals surface area contributed by atoms with Gasteiger partial charge in [0, 0.05) is 24.6 Å². The van der Waals surface area contributed by atoms with E-state index < -0.39 is 0 Å². The molecule has 0 unspecified atom stereocenters. The third-order valence-electron chi connectivity index (χ3n) is 4.29. The second-order valence-corrected chi connectivity index (χ2v) is 6.28. The summed E-state index contributed by atoms with van der Waals surface area (Å²) in [7, 11) is 0. The van der Waals surface area contributed by atoms with Gasteiger partial charge in [-0.3, -0.25) is 0 Å². The minimum Gasteiger partial charge on any atom is -0.395 e. The van der Waals surface area contributed by atoms with Gasteiger partial charge >= 0.3 is 0 Å². The number of rotatable bonds is 5. The lowest BCUT2D eigenvalue weighted by Crippen LogP contribution is -2.39. The van der Waals surface area contributed by atoms with Crippen LogP contribution in [0.15, 0.2) is 6.07 Å². The molecule has 3 rings (SSSR count). The molecule has 0 aliphatic heterocycles.